The molecule has 0 aliphatic heterocycles. The highest BCUT2D eigenvalue weighted by atomic mass is 79.9. The van der Waals surface area contributed by atoms with Crippen molar-refractivity contribution in [1.82, 2.24) is 39.9 Å². The number of nitrogens with zero attached hydrogens (tertiary/aromatic N) is 25. The number of halogens is 1. The van der Waals surface area contributed by atoms with E-state index in [2.05, 4.69) is 67.6 Å². The Morgan fingerprint density at radius 3 is 0.392 bits per heavy atom. The summed E-state index contributed by atoms with van der Waals surface area (Å²) in [6.45, 7) is 15.0. The van der Waals surface area contributed by atoms with E-state index in [1.165, 1.54) is 82.0 Å². The number of hydrogen-bond donors (Lipinski definition) is 0. The Hall–Kier alpha value is -11.4. The van der Waals surface area contributed by atoms with Gasteiger partial charge in [-0.25, -0.2) is 39.9 Å². The Balaban J connectivity index is 0. The van der Waals surface area contributed by atoms with Gasteiger partial charge in [-0.2, -0.15) is 84.2 Å². The van der Waals surface area contributed by atoms with E-state index < -0.39 is 0 Å². The van der Waals surface area contributed by atoms with Crippen molar-refractivity contribution in [2.45, 2.75) is 79.1 Å². The second kappa shape index (κ2) is 36.6. The van der Waals surface area contributed by atoms with E-state index in [9.17, 15) is 0 Å². The highest BCUT2D eigenvalue weighted by Crippen LogP contribution is 2.17. The van der Waals surface area contributed by atoms with Gasteiger partial charge in [0.1, 0.15) is 97.1 Å². The van der Waals surface area contributed by atoms with Crippen LogP contribution in [0.1, 0.15) is 170 Å². The van der Waals surface area contributed by atoms with Crippen molar-refractivity contribution in [1.29, 1.82) is 84.2 Å². The summed E-state index contributed by atoms with van der Waals surface area (Å²) in [7, 11) is 0. The van der Waals surface area contributed by atoms with Crippen LogP contribution in [0.5, 0.6) is 0 Å². The molecule has 0 bridgehead atoms. The summed E-state index contributed by atoms with van der Waals surface area (Å²) < 4.78 is 1.42. The van der Waals surface area contributed by atoms with Gasteiger partial charge >= 0.3 is 0 Å². The fourth-order valence-electron chi connectivity index (χ4n) is 5.63. The van der Waals surface area contributed by atoms with Gasteiger partial charge in [0, 0.05) is 0 Å². The Bertz CT molecular complexity index is 2510. The molecule has 0 spiro atoms. The first kappa shape index (κ1) is 64.7. The van der Waals surface area contributed by atoms with Crippen LogP contribution in [0, 0.1) is 181 Å². The van der Waals surface area contributed by atoms with Crippen molar-refractivity contribution in [2.24, 2.45) is 0 Å². The third-order valence-electron chi connectivity index (χ3n) is 9.22. The monoisotopic (exact) mass is 1040 g/mol. The summed E-state index contributed by atoms with van der Waals surface area (Å²) >= 11 is 0. The van der Waals surface area contributed by atoms with E-state index in [0.29, 0.717) is 0 Å². The minimum Gasteiger partial charge on any atom is -1.00 e. The lowest BCUT2D eigenvalue weighted by Gasteiger charge is -2.39. The summed E-state index contributed by atoms with van der Waals surface area (Å²) in [6.07, 6.45) is 11.1. The SMILES string of the molecule is CCCC[N+](CCCC)(CCCC)CCCC.N#Cc1nc(C#N)c(C#N)nc1C#N.N#Cc1nc(C#N)c(C#N)nc1C#N.N#Cc1nc(C#N)c(C#N)nc1C#N.N#Cc1nc(C#N)c(C#N)nc1C#N.[Br-]. The molecule has 0 saturated heterocycles. The number of rotatable bonds is 12. The fourth-order valence-corrected chi connectivity index (χ4v) is 5.63. The van der Waals surface area contributed by atoms with Crippen LogP contribution in [0.2, 0.25) is 0 Å². The van der Waals surface area contributed by atoms with Gasteiger partial charge < -0.3 is 21.5 Å². The van der Waals surface area contributed by atoms with Crippen LogP contribution in [0.25, 0.3) is 0 Å². The largest absolute Gasteiger partial charge is 1.00 e. The summed E-state index contributed by atoms with van der Waals surface area (Å²) in [5, 5.41) is 137. The average molecular weight is 1040 g/mol. The fraction of sp³-hybridized carbons (Fsp3) is 0.333. The number of unbranched alkanes of at least 4 members (excludes halogenated alkanes) is 4. The Kier molecular flexibility index (Phi) is 32.0. The van der Waals surface area contributed by atoms with Gasteiger partial charge in [0.25, 0.3) is 0 Å². The van der Waals surface area contributed by atoms with Crippen molar-refractivity contribution in [3.8, 4) is 97.1 Å². The molecule has 0 unspecified atom stereocenters. The van der Waals surface area contributed by atoms with E-state index in [4.69, 9.17) is 84.2 Å². The molecule has 0 saturated carbocycles. The maximum Gasteiger partial charge on any atom is 0.178 e. The van der Waals surface area contributed by atoms with Gasteiger partial charge in [0.05, 0.1) is 26.2 Å². The van der Waals surface area contributed by atoms with Crippen molar-refractivity contribution < 1.29 is 21.5 Å². The standard InChI is InChI=1S/C16H36N.4C8N6.BrH/c1-5-9-13-17(14-10-6-2,15-11-7-3)16-12-8-4;4*9-1-5-6(2-10)14-8(4-12)7(3-11)13-5;/h5-16H2,1-4H3;;;;;1H/q+1;;;;;/p-1. The lowest BCUT2D eigenvalue weighted by Crippen LogP contribution is -3.00. The Labute approximate surface area is 437 Å². The van der Waals surface area contributed by atoms with Crippen molar-refractivity contribution >= 4 is 0 Å². The third kappa shape index (κ3) is 19.7. The zero-order chi connectivity index (χ0) is 55.2. The Morgan fingerprint density at radius 2 is 0.324 bits per heavy atom. The van der Waals surface area contributed by atoms with Crippen molar-refractivity contribution in [3.05, 3.63) is 91.1 Å². The predicted octanol–water partition coefficient (Wildman–Crippen LogP) is 1.86. The molecule has 0 radical (unpaired) electrons. The van der Waals surface area contributed by atoms with E-state index in [-0.39, 0.29) is 108 Å². The molecule has 0 atom stereocenters. The predicted molar refractivity (Wildman–Crippen MR) is 243 cm³/mol. The molecule has 0 aliphatic rings. The molecule has 0 N–H and O–H groups in total. The molecule has 4 heterocycles. The van der Waals surface area contributed by atoms with Crippen molar-refractivity contribution in [2.75, 3.05) is 26.2 Å². The van der Waals surface area contributed by atoms with Crippen LogP contribution in [0.4, 0.5) is 0 Å². The molecule has 74 heavy (non-hydrogen) atoms. The summed E-state index contributed by atoms with van der Waals surface area (Å²) in [4.78, 5) is 28.2. The lowest BCUT2D eigenvalue weighted by molar-refractivity contribution is -0.929. The van der Waals surface area contributed by atoms with E-state index in [0.717, 1.165) is 0 Å². The average Bonchev–Trinajstić information content (AvgIpc) is 3.45. The first-order chi connectivity index (χ1) is 35.3. The van der Waals surface area contributed by atoms with Crippen LogP contribution in [-0.2, 0) is 0 Å². The van der Waals surface area contributed by atoms with Crippen LogP contribution in [0.3, 0.4) is 0 Å². The second-order valence-electron chi connectivity index (χ2n) is 13.9. The van der Waals surface area contributed by atoms with Gasteiger partial charge in [-0.05, 0) is 25.7 Å². The molecule has 4 rings (SSSR count). The summed E-state index contributed by atoms with van der Waals surface area (Å²) in [5.41, 5.74) is -3.95. The smallest absolute Gasteiger partial charge is 0.178 e. The van der Waals surface area contributed by atoms with E-state index in [1.54, 1.807) is 97.1 Å². The zero-order valence-corrected chi connectivity index (χ0v) is 41.6. The minimum atomic E-state index is -0.247. The molecular weight excluding hydrogens is 1010 g/mol. The van der Waals surface area contributed by atoms with Crippen LogP contribution < -0.4 is 17.0 Å². The van der Waals surface area contributed by atoms with Gasteiger partial charge in [-0.3, -0.25) is 0 Å². The lowest BCUT2D eigenvalue weighted by atomic mass is 10.1. The molecule has 0 fully saturated rings. The van der Waals surface area contributed by atoms with E-state index >= 15 is 0 Å². The van der Waals surface area contributed by atoms with Crippen molar-refractivity contribution in [3.63, 3.8) is 0 Å². The van der Waals surface area contributed by atoms with Crippen LogP contribution >= 0.6 is 0 Å². The molecular formula is C48H36BrN25. The highest BCUT2D eigenvalue weighted by Gasteiger charge is 2.25. The van der Waals surface area contributed by atoms with Crippen LogP contribution in [0.15, 0.2) is 0 Å². The number of nitriles is 16. The molecule has 0 amide bonds. The van der Waals surface area contributed by atoms with E-state index in [1.807, 2.05) is 0 Å². The highest BCUT2D eigenvalue weighted by molar-refractivity contribution is 5.47. The number of quaternary nitrogens is 1. The maximum absolute atomic E-state index is 8.54. The summed E-state index contributed by atoms with van der Waals surface area (Å²) in [6, 6.07) is 25.9. The van der Waals surface area contributed by atoms with Gasteiger partial charge in [0.15, 0.2) is 91.1 Å². The molecule has 360 valence electrons. The molecule has 0 aromatic carbocycles. The third-order valence-corrected chi connectivity index (χ3v) is 9.22. The first-order valence-electron chi connectivity index (χ1n) is 21.2. The molecule has 4 aromatic rings. The Morgan fingerprint density at radius 1 is 0.230 bits per heavy atom. The maximum atomic E-state index is 8.54. The topological polar surface area (TPSA) is 484 Å². The molecule has 26 heteroatoms. The van der Waals surface area contributed by atoms with Crippen LogP contribution in [-0.4, -0.2) is 70.5 Å². The number of hydrogen-bond acceptors (Lipinski definition) is 24. The second-order valence-corrected chi connectivity index (χ2v) is 13.9. The zero-order valence-electron chi connectivity index (χ0n) is 40.0. The van der Waals surface area contributed by atoms with Gasteiger partial charge in [-0.1, -0.05) is 53.4 Å². The normalized spacial score (nSPS) is 8.59. The van der Waals surface area contributed by atoms with Gasteiger partial charge in [-0.15, -0.1) is 0 Å². The first-order valence-corrected chi connectivity index (χ1v) is 21.2. The molecule has 25 nitrogen and oxygen atoms in total. The summed E-state index contributed by atoms with van der Waals surface area (Å²) in [5.74, 6) is 0. The molecule has 4 aromatic heterocycles. The van der Waals surface area contributed by atoms with Gasteiger partial charge in [0.2, 0.25) is 0 Å². The number of aromatic nitrogens is 8. The minimum absolute atomic E-state index is 0. The molecule has 0 aliphatic carbocycles. The quantitative estimate of drug-likeness (QED) is 0.183.